The van der Waals surface area contributed by atoms with Crippen molar-refractivity contribution in [2.45, 2.75) is 18.6 Å². The van der Waals surface area contributed by atoms with Crippen LogP contribution in [0.25, 0.3) is 0 Å². The molecular formula is C15H17BrClNO. The molecule has 102 valence electrons. The van der Waals surface area contributed by atoms with Gasteiger partial charge in [0.2, 0.25) is 0 Å². The monoisotopic (exact) mass is 341 g/mol. The molecule has 2 rings (SSSR count). The number of benzene rings is 2. The molecule has 0 unspecified atom stereocenters. The molecule has 19 heavy (non-hydrogen) atoms. The summed E-state index contributed by atoms with van der Waals surface area (Å²) in [5, 5.41) is 10.2. The molecule has 0 radical (unpaired) electrons. The highest BCUT2D eigenvalue weighted by atomic mass is 79.9. The van der Waals surface area contributed by atoms with Crippen LogP contribution in [-0.2, 0) is 6.42 Å². The van der Waals surface area contributed by atoms with Crippen LogP contribution in [0.2, 0.25) is 0 Å². The second-order valence-corrected chi connectivity index (χ2v) is 5.16. The van der Waals surface area contributed by atoms with Gasteiger partial charge in [-0.15, -0.1) is 12.4 Å². The lowest BCUT2D eigenvalue weighted by Crippen LogP contribution is -2.28. The summed E-state index contributed by atoms with van der Waals surface area (Å²) in [6.45, 7) is 0. The number of hydrogen-bond donors (Lipinski definition) is 2. The summed E-state index contributed by atoms with van der Waals surface area (Å²) in [7, 11) is 0. The standard InChI is InChI=1S/C15H16BrNO.ClH/c16-13-9-5-4-8-12(13)15(17)14(18)10-11-6-2-1-3-7-11;/h1-9,14-15,18H,10,17H2;1H/t14-,15+;/m1./s1. The van der Waals surface area contributed by atoms with E-state index in [1.165, 1.54) is 0 Å². The van der Waals surface area contributed by atoms with E-state index < -0.39 is 6.10 Å². The Kier molecular flexibility index (Phi) is 6.52. The van der Waals surface area contributed by atoms with Crippen molar-refractivity contribution in [3.05, 3.63) is 70.2 Å². The zero-order chi connectivity index (χ0) is 13.0. The molecule has 0 aliphatic heterocycles. The third-order valence-corrected chi connectivity index (χ3v) is 3.69. The quantitative estimate of drug-likeness (QED) is 0.893. The fourth-order valence-electron chi connectivity index (χ4n) is 1.94. The summed E-state index contributed by atoms with van der Waals surface area (Å²) < 4.78 is 0.935. The number of rotatable bonds is 4. The molecule has 4 heteroatoms. The Morgan fingerprint density at radius 2 is 1.58 bits per heavy atom. The topological polar surface area (TPSA) is 46.2 Å². The van der Waals surface area contributed by atoms with Crippen molar-refractivity contribution < 1.29 is 5.11 Å². The maximum Gasteiger partial charge on any atom is 0.0773 e. The van der Waals surface area contributed by atoms with Crippen molar-refractivity contribution in [2.24, 2.45) is 5.73 Å². The van der Waals surface area contributed by atoms with Gasteiger partial charge in [-0.3, -0.25) is 0 Å². The van der Waals surface area contributed by atoms with Crippen LogP contribution in [0.3, 0.4) is 0 Å². The molecule has 0 spiro atoms. The number of aliphatic hydroxyl groups excluding tert-OH is 1. The Hall–Kier alpha value is -0.870. The summed E-state index contributed by atoms with van der Waals surface area (Å²) in [6, 6.07) is 17.2. The second-order valence-electron chi connectivity index (χ2n) is 4.30. The van der Waals surface area contributed by atoms with Crippen LogP contribution in [0.15, 0.2) is 59.1 Å². The zero-order valence-electron chi connectivity index (χ0n) is 10.4. The van der Waals surface area contributed by atoms with Crippen molar-refractivity contribution in [3.63, 3.8) is 0 Å². The van der Waals surface area contributed by atoms with Crippen molar-refractivity contribution in [1.82, 2.24) is 0 Å². The largest absolute Gasteiger partial charge is 0.391 e. The third-order valence-electron chi connectivity index (χ3n) is 2.97. The Labute approximate surface area is 128 Å². The van der Waals surface area contributed by atoms with Gasteiger partial charge in [-0.25, -0.2) is 0 Å². The summed E-state index contributed by atoms with van der Waals surface area (Å²) >= 11 is 3.46. The highest BCUT2D eigenvalue weighted by Gasteiger charge is 2.18. The number of halogens is 2. The fourth-order valence-corrected chi connectivity index (χ4v) is 2.48. The van der Waals surface area contributed by atoms with Crippen LogP contribution in [0.4, 0.5) is 0 Å². The molecule has 0 bridgehead atoms. The summed E-state index contributed by atoms with van der Waals surface area (Å²) in [5.41, 5.74) is 8.13. The van der Waals surface area contributed by atoms with Crippen molar-refractivity contribution in [3.8, 4) is 0 Å². The van der Waals surface area contributed by atoms with Crippen molar-refractivity contribution in [2.75, 3.05) is 0 Å². The number of nitrogens with two attached hydrogens (primary N) is 1. The Bertz CT molecular complexity index is 507. The molecule has 3 N–H and O–H groups in total. The lowest BCUT2D eigenvalue weighted by Gasteiger charge is -2.20. The number of aliphatic hydroxyl groups is 1. The van der Waals surface area contributed by atoms with E-state index in [0.29, 0.717) is 6.42 Å². The minimum Gasteiger partial charge on any atom is -0.391 e. The first-order chi connectivity index (χ1) is 8.68. The van der Waals surface area contributed by atoms with Gasteiger partial charge in [-0.1, -0.05) is 64.5 Å². The van der Waals surface area contributed by atoms with E-state index >= 15 is 0 Å². The smallest absolute Gasteiger partial charge is 0.0773 e. The molecule has 0 amide bonds. The lowest BCUT2D eigenvalue weighted by atomic mass is 9.97. The second kappa shape index (κ2) is 7.65. The van der Waals surface area contributed by atoms with E-state index in [1.54, 1.807) is 0 Å². The van der Waals surface area contributed by atoms with Crippen LogP contribution in [0, 0.1) is 0 Å². The van der Waals surface area contributed by atoms with Gasteiger partial charge < -0.3 is 10.8 Å². The summed E-state index contributed by atoms with van der Waals surface area (Å²) in [6.07, 6.45) is -0.0327. The Morgan fingerprint density at radius 3 is 2.21 bits per heavy atom. The van der Waals surface area contributed by atoms with Crippen LogP contribution >= 0.6 is 28.3 Å². The first-order valence-corrected chi connectivity index (χ1v) is 6.70. The SMILES string of the molecule is Cl.N[C@@H](c1ccccc1Br)[C@H](O)Cc1ccccc1. The highest BCUT2D eigenvalue weighted by Crippen LogP contribution is 2.25. The average molecular weight is 343 g/mol. The summed E-state index contributed by atoms with van der Waals surface area (Å²) in [5.74, 6) is 0. The molecule has 0 aliphatic rings. The molecule has 0 saturated carbocycles. The molecule has 0 fully saturated rings. The molecule has 0 heterocycles. The fraction of sp³-hybridized carbons (Fsp3) is 0.200. The van der Waals surface area contributed by atoms with E-state index in [4.69, 9.17) is 5.73 Å². The van der Waals surface area contributed by atoms with Gasteiger partial charge in [0.1, 0.15) is 0 Å². The normalized spacial score (nSPS) is 13.4. The maximum absolute atomic E-state index is 10.2. The Morgan fingerprint density at radius 1 is 1.00 bits per heavy atom. The van der Waals surface area contributed by atoms with Gasteiger partial charge >= 0.3 is 0 Å². The van der Waals surface area contributed by atoms with Gasteiger partial charge in [0.15, 0.2) is 0 Å². The van der Waals surface area contributed by atoms with E-state index in [0.717, 1.165) is 15.6 Å². The molecule has 2 atom stereocenters. The lowest BCUT2D eigenvalue weighted by molar-refractivity contribution is 0.145. The molecule has 0 aromatic heterocycles. The third kappa shape index (κ3) is 4.32. The first-order valence-electron chi connectivity index (χ1n) is 5.90. The van der Waals surface area contributed by atoms with Gasteiger partial charge in [0.25, 0.3) is 0 Å². The van der Waals surface area contributed by atoms with E-state index in [9.17, 15) is 5.11 Å². The van der Waals surface area contributed by atoms with Gasteiger partial charge in [-0.05, 0) is 17.2 Å². The molecule has 2 nitrogen and oxygen atoms in total. The molecule has 2 aromatic rings. The van der Waals surface area contributed by atoms with Crippen LogP contribution in [0.1, 0.15) is 17.2 Å². The highest BCUT2D eigenvalue weighted by molar-refractivity contribution is 9.10. The van der Waals surface area contributed by atoms with Crippen LogP contribution in [0.5, 0.6) is 0 Å². The van der Waals surface area contributed by atoms with Crippen LogP contribution in [-0.4, -0.2) is 11.2 Å². The van der Waals surface area contributed by atoms with E-state index in [1.807, 2.05) is 54.6 Å². The van der Waals surface area contributed by atoms with Crippen molar-refractivity contribution >= 4 is 28.3 Å². The molecular weight excluding hydrogens is 326 g/mol. The number of hydrogen-bond acceptors (Lipinski definition) is 2. The van der Waals surface area contributed by atoms with Crippen LogP contribution < -0.4 is 5.73 Å². The van der Waals surface area contributed by atoms with E-state index in [-0.39, 0.29) is 18.4 Å². The molecule has 0 saturated heterocycles. The van der Waals surface area contributed by atoms with Crippen molar-refractivity contribution in [1.29, 1.82) is 0 Å². The Balaban J connectivity index is 0.00000180. The predicted molar refractivity (Wildman–Crippen MR) is 84.5 cm³/mol. The zero-order valence-corrected chi connectivity index (χ0v) is 12.8. The maximum atomic E-state index is 10.2. The van der Waals surface area contributed by atoms with Gasteiger partial charge in [0, 0.05) is 10.9 Å². The minimum absolute atomic E-state index is 0. The predicted octanol–water partition coefficient (Wildman–Crippen LogP) is 3.47. The van der Waals surface area contributed by atoms with Gasteiger partial charge in [0.05, 0.1) is 12.1 Å². The van der Waals surface area contributed by atoms with E-state index in [2.05, 4.69) is 15.9 Å². The molecule has 2 aromatic carbocycles. The minimum atomic E-state index is -0.592. The summed E-state index contributed by atoms with van der Waals surface area (Å²) in [4.78, 5) is 0. The molecule has 0 aliphatic carbocycles. The average Bonchev–Trinajstić information content (AvgIpc) is 2.39. The first kappa shape index (κ1) is 16.2. The van der Waals surface area contributed by atoms with Gasteiger partial charge in [-0.2, -0.15) is 0 Å².